The molecule has 0 aliphatic carbocycles. The topological polar surface area (TPSA) is 4.93 Å². The molecule has 0 fully saturated rings. The Kier molecular flexibility index (Phi) is 4.67. The van der Waals surface area contributed by atoms with E-state index in [2.05, 4.69) is 156 Å². The average Bonchev–Trinajstić information content (AvgIpc) is 3.37. The molecule has 1 nitrogen and oxygen atoms in total. The highest BCUT2D eigenvalue weighted by Gasteiger charge is 2.16. The smallest absolute Gasteiger partial charge is 0.0547 e. The van der Waals surface area contributed by atoms with Crippen molar-refractivity contribution in [2.45, 2.75) is 0 Å². The summed E-state index contributed by atoms with van der Waals surface area (Å²) in [5.41, 5.74) is 6.10. The van der Waals surface area contributed by atoms with Crippen molar-refractivity contribution in [3.63, 3.8) is 0 Å². The van der Waals surface area contributed by atoms with E-state index in [1.807, 2.05) is 0 Å². The Bertz CT molecular complexity index is 2460. The average molecular weight is 520 g/mol. The van der Waals surface area contributed by atoms with E-state index in [-0.39, 0.29) is 0 Å². The molecule has 9 rings (SSSR count). The SMILES string of the molecule is c1ccc2cc(-c3ccc(-n4c5ccccc5c5cc6c7ccccc7c7ccccc7c6cc54)cc3)ccc2c1. The van der Waals surface area contributed by atoms with Gasteiger partial charge in [-0.3, -0.25) is 0 Å². The fourth-order valence-corrected chi connectivity index (χ4v) is 6.82. The molecule has 1 heterocycles. The number of hydrogen-bond acceptors (Lipinski definition) is 0. The van der Waals surface area contributed by atoms with E-state index in [0.29, 0.717) is 0 Å². The van der Waals surface area contributed by atoms with Crippen LogP contribution in [0, 0.1) is 0 Å². The van der Waals surface area contributed by atoms with Crippen LogP contribution in [0.4, 0.5) is 0 Å². The Morgan fingerprint density at radius 3 is 1.54 bits per heavy atom. The molecule has 0 saturated carbocycles. The quantitative estimate of drug-likeness (QED) is 0.200. The van der Waals surface area contributed by atoms with Gasteiger partial charge in [-0.1, -0.05) is 115 Å². The van der Waals surface area contributed by atoms with Gasteiger partial charge in [0.2, 0.25) is 0 Å². The van der Waals surface area contributed by atoms with E-state index in [4.69, 9.17) is 0 Å². The van der Waals surface area contributed by atoms with Gasteiger partial charge in [-0.15, -0.1) is 0 Å². The lowest BCUT2D eigenvalue weighted by molar-refractivity contribution is 1.18. The Balaban J connectivity index is 1.31. The van der Waals surface area contributed by atoms with Gasteiger partial charge in [0, 0.05) is 16.5 Å². The van der Waals surface area contributed by atoms with Crippen LogP contribution in [0.1, 0.15) is 0 Å². The van der Waals surface area contributed by atoms with Crippen molar-refractivity contribution >= 4 is 64.9 Å². The van der Waals surface area contributed by atoms with Gasteiger partial charge in [0.15, 0.2) is 0 Å². The van der Waals surface area contributed by atoms with Gasteiger partial charge >= 0.3 is 0 Å². The number of hydrogen-bond donors (Lipinski definition) is 0. The summed E-state index contributed by atoms with van der Waals surface area (Å²) in [6, 6.07) is 55.6. The third kappa shape index (κ3) is 3.30. The van der Waals surface area contributed by atoms with Crippen LogP contribution < -0.4 is 0 Å². The van der Waals surface area contributed by atoms with Crippen molar-refractivity contribution < 1.29 is 0 Å². The van der Waals surface area contributed by atoms with E-state index < -0.39 is 0 Å². The number of benzene rings is 8. The van der Waals surface area contributed by atoms with E-state index >= 15 is 0 Å². The number of rotatable bonds is 2. The first-order valence-electron chi connectivity index (χ1n) is 14.2. The third-order valence-corrected chi connectivity index (χ3v) is 8.74. The molecule has 9 aromatic rings. The lowest BCUT2D eigenvalue weighted by Crippen LogP contribution is -1.94. The standard InChI is InChI=1S/C40H25N/c1-2-10-28-23-29(18-17-26(28)9-1)27-19-21-30(22-20-27)41-39-16-8-7-15-35(39)38-24-36-33-13-5-3-11-31(33)32-12-4-6-14-34(32)37(36)25-40(38)41/h1-25H. The van der Waals surface area contributed by atoms with Crippen molar-refractivity contribution in [2.75, 3.05) is 0 Å². The predicted molar refractivity (Wildman–Crippen MR) is 176 cm³/mol. The van der Waals surface area contributed by atoms with E-state index in [1.165, 1.54) is 81.7 Å². The number of fused-ring (bicyclic) bond motifs is 10. The van der Waals surface area contributed by atoms with Crippen LogP contribution in [0.5, 0.6) is 0 Å². The molecule has 0 aliphatic rings. The highest BCUT2D eigenvalue weighted by molar-refractivity contribution is 6.28. The largest absolute Gasteiger partial charge is 0.309 e. The highest BCUT2D eigenvalue weighted by Crippen LogP contribution is 2.41. The molecule has 0 aliphatic heterocycles. The molecule has 0 unspecified atom stereocenters. The summed E-state index contributed by atoms with van der Waals surface area (Å²) in [7, 11) is 0. The molecule has 190 valence electrons. The van der Waals surface area contributed by atoms with Crippen LogP contribution >= 0.6 is 0 Å². The number of para-hydroxylation sites is 1. The van der Waals surface area contributed by atoms with Crippen molar-refractivity contribution in [1.29, 1.82) is 0 Å². The zero-order valence-electron chi connectivity index (χ0n) is 22.4. The van der Waals surface area contributed by atoms with Crippen LogP contribution in [0.25, 0.3) is 81.7 Å². The predicted octanol–water partition coefficient (Wildman–Crippen LogP) is 11.1. The van der Waals surface area contributed by atoms with E-state index in [1.54, 1.807) is 0 Å². The first-order chi connectivity index (χ1) is 20.3. The summed E-state index contributed by atoms with van der Waals surface area (Å²) in [6.45, 7) is 0. The Hall–Kier alpha value is -5.40. The van der Waals surface area contributed by atoms with Gasteiger partial charge in [-0.05, 0) is 90.6 Å². The fourth-order valence-electron chi connectivity index (χ4n) is 6.82. The van der Waals surface area contributed by atoms with Crippen LogP contribution in [0.2, 0.25) is 0 Å². The zero-order valence-corrected chi connectivity index (χ0v) is 22.4. The van der Waals surface area contributed by atoms with Gasteiger partial charge < -0.3 is 4.57 Å². The summed E-state index contributed by atoms with van der Waals surface area (Å²) in [5.74, 6) is 0. The van der Waals surface area contributed by atoms with Crippen LogP contribution in [0.3, 0.4) is 0 Å². The molecule has 0 spiro atoms. The van der Waals surface area contributed by atoms with Crippen LogP contribution in [-0.2, 0) is 0 Å². The molecule has 0 amide bonds. The molecule has 0 radical (unpaired) electrons. The number of nitrogens with zero attached hydrogens (tertiary/aromatic N) is 1. The lowest BCUT2D eigenvalue weighted by Gasteiger charge is -2.13. The first kappa shape index (κ1) is 22.4. The fraction of sp³-hybridized carbons (Fsp3) is 0. The normalized spacial score (nSPS) is 11.9. The van der Waals surface area contributed by atoms with E-state index in [0.717, 1.165) is 0 Å². The molecule has 1 heteroatoms. The minimum Gasteiger partial charge on any atom is -0.309 e. The van der Waals surface area contributed by atoms with Gasteiger partial charge in [0.1, 0.15) is 0 Å². The minimum atomic E-state index is 1.17. The Morgan fingerprint density at radius 1 is 0.293 bits per heavy atom. The summed E-state index contributed by atoms with van der Waals surface area (Å²) in [5, 5.41) is 12.9. The summed E-state index contributed by atoms with van der Waals surface area (Å²) < 4.78 is 2.43. The molecule has 0 bridgehead atoms. The summed E-state index contributed by atoms with van der Waals surface area (Å²) >= 11 is 0. The zero-order chi connectivity index (χ0) is 26.9. The highest BCUT2D eigenvalue weighted by atomic mass is 15.0. The second-order valence-corrected chi connectivity index (χ2v) is 11.0. The van der Waals surface area contributed by atoms with Crippen LogP contribution in [-0.4, -0.2) is 4.57 Å². The summed E-state index contributed by atoms with van der Waals surface area (Å²) in [6.07, 6.45) is 0. The van der Waals surface area contributed by atoms with Crippen molar-refractivity contribution in [3.05, 3.63) is 152 Å². The Morgan fingerprint density at radius 2 is 0.829 bits per heavy atom. The van der Waals surface area contributed by atoms with E-state index in [9.17, 15) is 0 Å². The maximum absolute atomic E-state index is 2.43. The third-order valence-electron chi connectivity index (χ3n) is 8.74. The second-order valence-electron chi connectivity index (χ2n) is 11.0. The van der Waals surface area contributed by atoms with Gasteiger partial charge in [-0.25, -0.2) is 0 Å². The Labute approximate surface area is 237 Å². The van der Waals surface area contributed by atoms with Crippen molar-refractivity contribution in [1.82, 2.24) is 4.57 Å². The monoisotopic (exact) mass is 519 g/mol. The molecule has 41 heavy (non-hydrogen) atoms. The molecule has 0 atom stereocenters. The molecule has 0 saturated heterocycles. The molecule has 0 N–H and O–H groups in total. The minimum absolute atomic E-state index is 1.17. The second kappa shape index (κ2) is 8.55. The van der Waals surface area contributed by atoms with Gasteiger partial charge in [-0.2, -0.15) is 0 Å². The summed E-state index contributed by atoms with van der Waals surface area (Å²) in [4.78, 5) is 0. The van der Waals surface area contributed by atoms with Crippen molar-refractivity contribution in [3.8, 4) is 16.8 Å². The van der Waals surface area contributed by atoms with Gasteiger partial charge in [0.05, 0.1) is 11.0 Å². The molecule has 8 aromatic carbocycles. The first-order valence-corrected chi connectivity index (χ1v) is 14.2. The molecular formula is C40H25N. The number of aromatic nitrogens is 1. The molecular weight excluding hydrogens is 494 g/mol. The van der Waals surface area contributed by atoms with Gasteiger partial charge in [0.25, 0.3) is 0 Å². The lowest BCUT2D eigenvalue weighted by atomic mass is 9.93. The molecule has 1 aromatic heterocycles. The van der Waals surface area contributed by atoms with Crippen molar-refractivity contribution in [2.24, 2.45) is 0 Å². The van der Waals surface area contributed by atoms with Crippen LogP contribution in [0.15, 0.2) is 152 Å². The maximum Gasteiger partial charge on any atom is 0.0547 e. The maximum atomic E-state index is 2.43.